The topological polar surface area (TPSA) is 65.0 Å². The van der Waals surface area contributed by atoms with Gasteiger partial charge >= 0.3 is 0 Å². The number of allylic oxidation sites excluding steroid dienone is 3. The molecule has 0 saturated heterocycles. The molecule has 0 saturated carbocycles. The van der Waals surface area contributed by atoms with Crippen LogP contribution in [0.15, 0.2) is 130 Å². The predicted octanol–water partition coefficient (Wildman–Crippen LogP) is 10.7. The molecule has 7 aromatic rings. The molecular formula is C41H31N3O2. The van der Waals surface area contributed by atoms with Gasteiger partial charge in [0.1, 0.15) is 22.7 Å². The largest absolute Gasteiger partial charge is 0.460 e. The van der Waals surface area contributed by atoms with Gasteiger partial charge in [-0.15, -0.1) is 0 Å². The van der Waals surface area contributed by atoms with Crippen molar-refractivity contribution >= 4 is 40.2 Å². The molecule has 0 N–H and O–H groups in total. The van der Waals surface area contributed by atoms with Gasteiger partial charge in [-0.3, -0.25) is 0 Å². The van der Waals surface area contributed by atoms with Crippen LogP contribution in [0.3, 0.4) is 0 Å². The fourth-order valence-electron chi connectivity index (χ4n) is 6.25. The summed E-state index contributed by atoms with van der Waals surface area (Å²) in [5, 5.41) is 2.12. The zero-order chi connectivity index (χ0) is 31.1. The molecule has 0 bridgehead atoms. The first-order valence-electron chi connectivity index (χ1n) is 15.5. The normalized spacial score (nSPS) is 16.2. The smallest absolute Gasteiger partial charge is 0.164 e. The molecule has 46 heavy (non-hydrogen) atoms. The van der Waals surface area contributed by atoms with E-state index in [0.717, 1.165) is 61.3 Å². The van der Waals surface area contributed by atoms with Gasteiger partial charge in [0.25, 0.3) is 0 Å². The van der Waals surface area contributed by atoms with E-state index in [-0.39, 0.29) is 5.41 Å². The van der Waals surface area contributed by atoms with Crippen molar-refractivity contribution < 1.29 is 8.83 Å². The van der Waals surface area contributed by atoms with Gasteiger partial charge in [0.2, 0.25) is 0 Å². The second-order valence-electron chi connectivity index (χ2n) is 11.9. The second-order valence-corrected chi connectivity index (χ2v) is 11.9. The highest BCUT2D eigenvalue weighted by molar-refractivity contribution is 6.00. The Morgan fingerprint density at radius 2 is 1.33 bits per heavy atom. The van der Waals surface area contributed by atoms with E-state index in [2.05, 4.69) is 49.4 Å². The van der Waals surface area contributed by atoms with Gasteiger partial charge in [0, 0.05) is 50.4 Å². The first-order chi connectivity index (χ1) is 22.6. The second kappa shape index (κ2) is 11.3. The molecule has 1 unspecified atom stereocenters. The monoisotopic (exact) mass is 597 g/mol. The lowest BCUT2D eigenvalue weighted by atomic mass is 9.79. The minimum Gasteiger partial charge on any atom is -0.460 e. The number of furan rings is 2. The third-order valence-corrected chi connectivity index (χ3v) is 8.55. The van der Waals surface area contributed by atoms with Crippen LogP contribution in [0.5, 0.6) is 0 Å². The maximum atomic E-state index is 6.55. The summed E-state index contributed by atoms with van der Waals surface area (Å²) < 4.78 is 12.8. The molecule has 5 nitrogen and oxygen atoms in total. The van der Waals surface area contributed by atoms with Crippen molar-refractivity contribution in [1.82, 2.24) is 15.0 Å². The van der Waals surface area contributed by atoms with Crippen LogP contribution in [0.2, 0.25) is 0 Å². The minimum atomic E-state index is -0.263. The maximum absolute atomic E-state index is 6.55. The molecule has 222 valence electrons. The Balaban J connectivity index is 1.21. The molecule has 8 rings (SSSR count). The van der Waals surface area contributed by atoms with E-state index in [4.69, 9.17) is 23.8 Å². The third-order valence-electron chi connectivity index (χ3n) is 8.55. The molecule has 4 aromatic carbocycles. The van der Waals surface area contributed by atoms with Gasteiger partial charge in [0.05, 0.1) is 0 Å². The van der Waals surface area contributed by atoms with Crippen molar-refractivity contribution in [3.05, 3.63) is 144 Å². The van der Waals surface area contributed by atoms with E-state index in [1.807, 2.05) is 104 Å². The summed E-state index contributed by atoms with van der Waals surface area (Å²) in [6.07, 6.45) is 13.6. The van der Waals surface area contributed by atoms with Gasteiger partial charge in [0.15, 0.2) is 17.5 Å². The molecule has 1 atom stereocenters. The van der Waals surface area contributed by atoms with Crippen molar-refractivity contribution in [1.29, 1.82) is 0 Å². The van der Waals surface area contributed by atoms with Crippen LogP contribution in [0.4, 0.5) is 0 Å². The zero-order valence-corrected chi connectivity index (χ0v) is 25.6. The van der Waals surface area contributed by atoms with Crippen molar-refractivity contribution in [2.75, 3.05) is 0 Å². The van der Waals surface area contributed by atoms with Crippen LogP contribution in [0.25, 0.3) is 74.3 Å². The number of fused-ring (bicyclic) bond motifs is 4. The van der Waals surface area contributed by atoms with Gasteiger partial charge in [-0.25, -0.2) is 15.0 Å². The molecule has 3 aromatic heterocycles. The van der Waals surface area contributed by atoms with Crippen LogP contribution in [0.1, 0.15) is 36.5 Å². The lowest BCUT2D eigenvalue weighted by Gasteiger charge is -2.24. The molecule has 0 fully saturated rings. The molecule has 3 heterocycles. The Kier molecular flexibility index (Phi) is 6.80. The maximum Gasteiger partial charge on any atom is 0.164 e. The van der Waals surface area contributed by atoms with E-state index in [0.29, 0.717) is 23.9 Å². The van der Waals surface area contributed by atoms with E-state index in [1.54, 1.807) is 0 Å². The van der Waals surface area contributed by atoms with Gasteiger partial charge in [-0.2, -0.15) is 0 Å². The number of aromatic nitrogens is 3. The number of nitrogens with zero attached hydrogens (tertiary/aromatic N) is 3. The summed E-state index contributed by atoms with van der Waals surface area (Å²) in [5.74, 6) is 3.68. The van der Waals surface area contributed by atoms with Crippen molar-refractivity contribution in [2.45, 2.75) is 20.3 Å². The Bertz CT molecular complexity index is 2250. The summed E-state index contributed by atoms with van der Waals surface area (Å²) >= 11 is 0. The summed E-state index contributed by atoms with van der Waals surface area (Å²) in [6, 6.07) is 34.4. The molecule has 0 aliphatic heterocycles. The lowest BCUT2D eigenvalue weighted by molar-refractivity contribution is 0.453. The van der Waals surface area contributed by atoms with E-state index < -0.39 is 0 Å². The first-order valence-corrected chi connectivity index (χ1v) is 15.5. The minimum absolute atomic E-state index is 0.263. The number of rotatable bonds is 6. The molecule has 0 spiro atoms. The highest BCUT2D eigenvalue weighted by Crippen LogP contribution is 2.42. The summed E-state index contributed by atoms with van der Waals surface area (Å²) in [7, 11) is 0. The zero-order valence-electron chi connectivity index (χ0n) is 25.6. The average molecular weight is 598 g/mol. The highest BCUT2D eigenvalue weighted by atomic mass is 16.3. The Labute approximate surface area is 267 Å². The average Bonchev–Trinajstić information content (AvgIpc) is 3.65. The van der Waals surface area contributed by atoms with Gasteiger partial charge < -0.3 is 8.83 Å². The van der Waals surface area contributed by atoms with E-state index >= 15 is 0 Å². The van der Waals surface area contributed by atoms with Crippen LogP contribution < -0.4 is 0 Å². The molecule has 1 aliphatic carbocycles. The van der Waals surface area contributed by atoms with E-state index in [1.165, 1.54) is 0 Å². The molecule has 0 amide bonds. The van der Waals surface area contributed by atoms with E-state index in [9.17, 15) is 0 Å². The fraction of sp³-hybridized carbons (Fsp3) is 0.0976. The van der Waals surface area contributed by atoms with Crippen molar-refractivity contribution in [3.63, 3.8) is 0 Å². The van der Waals surface area contributed by atoms with Crippen LogP contribution in [0, 0.1) is 5.41 Å². The summed E-state index contributed by atoms with van der Waals surface area (Å²) in [5.41, 5.74) is 6.39. The molecule has 5 heteroatoms. The Morgan fingerprint density at radius 1 is 0.674 bits per heavy atom. The third kappa shape index (κ3) is 4.96. The van der Waals surface area contributed by atoms with Crippen molar-refractivity contribution in [3.8, 4) is 34.2 Å². The number of benzene rings is 4. The highest BCUT2D eigenvalue weighted by Gasteiger charge is 2.29. The SMILES string of the molecule is C/C=C\c1c(/C=C/C2(C)C=Cc3c(oc4cccc(-c5nc(-c6ccccc6)nc(-c6ccccc6)n5)c34)C2)oc2ccccc12. The van der Waals surface area contributed by atoms with Crippen LogP contribution in [-0.2, 0) is 6.42 Å². The van der Waals surface area contributed by atoms with Crippen molar-refractivity contribution in [2.24, 2.45) is 5.41 Å². The Hall–Kier alpha value is -5.81. The number of hydrogen-bond donors (Lipinski definition) is 0. The molecular weight excluding hydrogens is 566 g/mol. The molecule has 1 aliphatic rings. The summed E-state index contributed by atoms with van der Waals surface area (Å²) in [6.45, 7) is 4.25. The quantitative estimate of drug-likeness (QED) is 0.191. The van der Waals surface area contributed by atoms with Gasteiger partial charge in [-0.05, 0) is 25.1 Å². The van der Waals surface area contributed by atoms with Crippen LogP contribution >= 0.6 is 0 Å². The van der Waals surface area contributed by atoms with Gasteiger partial charge in [-0.1, -0.05) is 128 Å². The molecule has 0 radical (unpaired) electrons. The predicted molar refractivity (Wildman–Crippen MR) is 187 cm³/mol. The number of hydrogen-bond acceptors (Lipinski definition) is 5. The van der Waals surface area contributed by atoms with Crippen LogP contribution in [-0.4, -0.2) is 15.0 Å². The standard InChI is InChI=1S/C41H31N3O2/c1-3-13-29-30-18-10-11-20-33(30)45-34(29)23-25-41(2)24-22-31-36(26-41)46-35-21-12-19-32(37(31)35)40-43-38(27-14-6-4-7-15-27)42-39(44-40)28-16-8-5-9-17-28/h3-25H,26H2,1-2H3/b13-3-,25-23+. The summed E-state index contributed by atoms with van der Waals surface area (Å²) in [4.78, 5) is 14.9. The Morgan fingerprint density at radius 3 is 2.04 bits per heavy atom. The first kappa shape index (κ1) is 27.7. The lowest BCUT2D eigenvalue weighted by Crippen LogP contribution is -2.16. The fourth-order valence-corrected chi connectivity index (χ4v) is 6.25. The number of para-hydroxylation sites is 1.